The molecule has 0 aromatic heterocycles. The van der Waals surface area contributed by atoms with Crippen LogP contribution < -0.4 is 4.90 Å². The van der Waals surface area contributed by atoms with Gasteiger partial charge in [0.05, 0.1) is 0 Å². The van der Waals surface area contributed by atoms with Gasteiger partial charge in [-0.15, -0.1) is 0 Å². The van der Waals surface area contributed by atoms with E-state index in [0.717, 1.165) is 5.69 Å². The van der Waals surface area contributed by atoms with Crippen LogP contribution in [-0.4, -0.2) is 0 Å². The molecule has 1 aliphatic rings. The highest BCUT2D eigenvalue weighted by molar-refractivity contribution is 6.05. The van der Waals surface area contributed by atoms with E-state index < -0.39 is 0 Å². The predicted molar refractivity (Wildman–Crippen MR) is 242 cm³/mol. The zero-order chi connectivity index (χ0) is 38.3. The van der Waals surface area contributed by atoms with Crippen molar-refractivity contribution in [2.45, 2.75) is 25.8 Å². The van der Waals surface area contributed by atoms with Crippen LogP contribution in [0, 0.1) is 0 Å². The third-order valence-electron chi connectivity index (χ3n) is 12.0. The number of rotatable bonds is 8. The molecule has 0 radical (unpaired) electrons. The van der Waals surface area contributed by atoms with Crippen LogP contribution in [0.1, 0.15) is 30.5 Å². The molecule has 1 aliphatic carbocycles. The molecular formula is C56H43N. The Balaban J connectivity index is 1.12. The molecule has 57 heavy (non-hydrogen) atoms. The smallest absolute Gasteiger partial charge is 0.0487 e. The summed E-state index contributed by atoms with van der Waals surface area (Å²) in [6.45, 7) is 5.51. The SMILES string of the molecule is CC1(C)c2ccc(N(Cc3ccccc3-c3ccc(-c4ccccc4)cc3)c3ccc(-c4ccccc4)cc3)cc2-c2c(-c3ccccc3)cc3ccccc3c21. The van der Waals surface area contributed by atoms with Crippen LogP contribution in [0.4, 0.5) is 11.4 Å². The molecule has 0 saturated carbocycles. The summed E-state index contributed by atoms with van der Waals surface area (Å²) in [7, 11) is 0. The minimum absolute atomic E-state index is 0.172. The molecule has 0 amide bonds. The van der Waals surface area contributed by atoms with E-state index in [0.29, 0.717) is 6.54 Å². The van der Waals surface area contributed by atoms with E-state index >= 15 is 0 Å². The van der Waals surface area contributed by atoms with E-state index in [1.807, 2.05) is 0 Å². The number of hydrogen-bond donors (Lipinski definition) is 0. The second-order valence-electron chi connectivity index (χ2n) is 15.7. The lowest BCUT2D eigenvalue weighted by Crippen LogP contribution is -2.18. The van der Waals surface area contributed by atoms with E-state index in [9.17, 15) is 0 Å². The molecule has 0 saturated heterocycles. The molecule has 0 bridgehead atoms. The van der Waals surface area contributed by atoms with E-state index in [2.05, 4.69) is 231 Å². The lowest BCUT2D eigenvalue weighted by molar-refractivity contribution is 0.666. The van der Waals surface area contributed by atoms with Gasteiger partial charge in [0, 0.05) is 23.3 Å². The van der Waals surface area contributed by atoms with Crippen molar-refractivity contribution >= 4 is 22.1 Å². The summed E-state index contributed by atoms with van der Waals surface area (Å²) in [6, 6.07) is 77.7. The first-order chi connectivity index (χ1) is 28.0. The van der Waals surface area contributed by atoms with Crippen molar-refractivity contribution in [1.29, 1.82) is 0 Å². The quantitative estimate of drug-likeness (QED) is 0.151. The first kappa shape index (κ1) is 34.5. The number of nitrogens with zero attached hydrogens (tertiary/aromatic N) is 1. The Bertz CT molecular complexity index is 2850. The van der Waals surface area contributed by atoms with Crippen molar-refractivity contribution in [3.05, 3.63) is 229 Å². The Morgan fingerprint density at radius 3 is 1.54 bits per heavy atom. The second-order valence-corrected chi connectivity index (χ2v) is 15.7. The predicted octanol–water partition coefficient (Wildman–Crippen LogP) is 15.2. The highest BCUT2D eigenvalue weighted by Gasteiger charge is 2.39. The van der Waals surface area contributed by atoms with Crippen LogP contribution in [0.5, 0.6) is 0 Å². The Labute approximate surface area is 336 Å². The molecule has 272 valence electrons. The van der Waals surface area contributed by atoms with Gasteiger partial charge in [0.1, 0.15) is 0 Å². The lowest BCUT2D eigenvalue weighted by Gasteiger charge is -2.28. The summed E-state index contributed by atoms with van der Waals surface area (Å²) in [6.07, 6.45) is 0. The Kier molecular flexibility index (Phi) is 8.65. The third-order valence-corrected chi connectivity index (χ3v) is 12.0. The van der Waals surface area contributed by atoms with Crippen LogP contribution in [0.25, 0.3) is 66.4 Å². The molecule has 9 aromatic rings. The van der Waals surface area contributed by atoms with Gasteiger partial charge >= 0.3 is 0 Å². The van der Waals surface area contributed by atoms with Crippen LogP contribution in [0.3, 0.4) is 0 Å². The molecule has 1 nitrogen and oxygen atoms in total. The fourth-order valence-electron chi connectivity index (χ4n) is 9.09. The maximum Gasteiger partial charge on any atom is 0.0487 e. The van der Waals surface area contributed by atoms with Gasteiger partial charge in [0.25, 0.3) is 0 Å². The van der Waals surface area contributed by atoms with Crippen molar-refractivity contribution in [1.82, 2.24) is 0 Å². The maximum atomic E-state index is 2.50. The summed E-state index contributed by atoms with van der Waals surface area (Å²) < 4.78 is 0. The van der Waals surface area contributed by atoms with Crippen LogP contribution in [-0.2, 0) is 12.0 Å². The van der Waals surface area contributed by atoms with Gasteiger partial charge in [-0.1, -0.05) is 196 Å². The fraction of sp³-hybridized carbons (Fsp3) is 0.0714. The van der Waals surface area contributed by atoms with Gasteiger partial charge in [-0.05, 0) is 113 Å². The number of hydrogen-bond acceptors (Lipinski definition) is 1. The first-order valence-electron chi connectivity index (χ1n) is 20.0. The van der Waals surface area contributed by atoms with Crippen molar-refractivity contribution in [3.63, 3.8) is 0 Å². The molecular weight excluding hydrogens is 687 g/mol. The van der Waals surface area contributed by atoms with Crippen LogP contribution in [0.15, 0.2) is 212 Å². The molecule has 0 atom stereocenters. The zero-order valence-electron chi connectivity index (χ0n) is 32.4. The monoisotopic (exact) mass is 729 g/mol. The topological polar surface area (TPSA) is 3.24 Å². The van der Waals surface area contributed by atoms with E-state index in [4.69, 9.17) is 0 Å². The molecule has 9 aromatic carbocycles. The molecule has 0 aliphatic heterocycles. The largest absolute Gasteiger partial charge is 0.337 e. The standard InChI is InChI=1S/C56H43N/c1-56(2)53-35-34-48(37-52(53)54-51(43-20-10-5-11-21-43)36-45-22-12-15-25-50(45)55(54)56)57(47-32-30-42(31-33-47)40-18-8-4-9-19-40)38-46-23-13-14-24-49(46)44-28-26-41(27-29-44)39-16-6-3-7-17-39/h3-37H,38H2,1-2H3. The van der Waals surface area contributed by atoms with Gasteiger partial charge < -0.3 is 4.90 Å². The van der Waals surface area contributed by atoms with E-state index in [1.165, 1.54) is 88.8 Å². The average Bonchev–Trinajstić information content (AvgIpc) is 3.52. The summed E-state index contributed by atoms with van der Waals surface area (Å²) in [5.74, 6) is 0. The summed E-state index contributed by atoms with van der Waals surface area (Å²) in [5, 5.41) is 2.61. The van der Waals surface area contributed by atoms with Gasteiger partial charge in [-0.25, -0.2) is 0 Å². The minimum atomic E-state index is -0.172. The number of fused-ring (bicyclic) bond motifs is 5. The normalized spacial score (nSPS) is 12.6. The third kappa shape index (κ3) is 6.22. The molecule has 0 N–H and O–H groups in total. The fourth-order valence-corrected chi connectivity index (χ4v) is 9.09. The van der Waals surface area contributed by atoms with Crippen molar-refractivity contribution in [3.8, 4) is 55.6 Å². The summed E-state index contributed by atoms with van der Waals surface area (Å²) in [4.78, 5) is 2.50. The summed E-state index contributed by atoms with van der Waals surface area (Å²) in [5.41, 5.74) is 18.7. The number of benzene rings is 9. The van der Waals surface area contributed by atoms with Crippen LogP contribution in [0.2, 0.25) is 0 Å². The highest BCUT2D eigenvalue weighted by atomic mass is 15.1. The maximum absolute atomic E-state index is 2.50. The van der Waals surface area contributed by atoms with Gasteiger partial charge in [-0.3, -0.25) is 0 Å². The Morgan fingerprint density at radius 2 is 0.877 bits per heavy atom. The highest BCUT2D eigenvalue weighted by Crippen LogP contribution is 2.56. The van der Waals surface area contributed by atoms with Crippen molar-refractivity contribution in [2.24, 2.45) is 0 Å². The van der Waals surface area contributed by atoms with Gasteiger partial charge in [0.2, 0.25) is 0 Å². The van der Waals surface area contributed by atoms with E-state index in [1.54, 1.807) is 0 Å². The zero-order valence-corrected chi connectivity index (χ0v) is 32.4. The minimum Gasteiger partial charge on any atom is -0.337 e. The molecule has 0 unspecified atom stereocenters. The summed E-state index contributed by atoms with van der Waals surface area (Å²) >= 11 is 0. The molecule has 0 spiro atoms. The number of anilines is 2. The molecule has 0 fully saturated rings. The lowest BCUT2D eigenvalue weighted by atomic mass is 9.79. The second kappa shape index (κ2) is 14.3. The van der Waals surface area contributed by atoms with E-state index in [-0.39, 0.29) is 5.41 Å². The van der Waals surface area contributed by atoms with Gasteiger partial charge in [0.15, 0.2) is 0 Å². The first-order valence-corrected chi connectivity index (χ1v) is 20.0. The molecule has 10 rings (SSSR count). The van der Waals surface area contributed by atoms with Crippen molar-refractivity contribution < 1.29 is 0 Å². The van der Waals surface area contributed by atoms with Gasteiger partial charge in [-0.2, -0.15) is 0 Å². The average molecular weight is 730 g/mol. The Morgan fingerprint density at radius 1 is 0.386 bits per heavy atom. The Hall–Kier alpha value is -6.96. The van der Waals surface area contributed by atoms with Crippen LogP contribution >= 0.6 is 0 Å². The molecule has 0 heterocycles. The molecule has 1 heteroatoms. The van der Waals surface area contributed by atoms with Crippen molar-refractivity contribution in [2.75, 3.05) is 4.90 Å².